The van der Waals surface area contributed by atoms with Gasteiger partial charge in [0, 0.05) is 5.92 Å². The van der Waals surface area contributed by atoms with Gasteiger partial charge in [-0.15, -0.1) is 0 Å². The molecule has 0 radical (unpaired) electrons. The monoisotopic (exact) mass is 445 g/mol. The first kappa shape index (κ1) is 22.6. The summed E-state index contributed by atoms with van der Waals surface area (Å²) in [7, 11) is 2.59. The van der Waals surface area contributed by atoms with Crippen molar-refractivity contribution in [2.45, 2.75) is 25.0 Å². The van der Waals surface area contributed by atoms with Crippen molar-refractivity contribution >= 4 is 17.6 Å². The van der Waals surface area contributed by atoms with E-state index in [9.17, 15) is 9.59 Å². The van der Waals surface area contributed by atoms with Crippen molar-refractivity contribution in [2.24, 2.45) is 5.41 Å². The average Bonchev–Trinajstić information content (AvgIpc) is 2.88. The summed E-state index contributed by atoms with van der Waals surface area (Å²) in [4.78, 5) is 34.0. The average molecular weight is 446 g/mol. The minimum Gasteiger partial charge on any atom is -0.468 e. The topological polar surface area (TPSA) is 65.1 Å². The van der Waals surface area contributed by atoms with Crippen LogP contribution in [-0.2, 0) is 23.9 Å². The number of ether oxygens (including phenoxy) is 2. The van der Waals surface area contributed by atoms with Crippen molar-refractivity contribution in [3.8, 4) is 0 Å². The van der Waals surface area contributed by atoms with E-state index in [1.165, 1.54) is 14.2 Å². The maximum atomic E-state index is 13.8. The van der Waals surface area contributed by atoms with Crippen LogP contribution in [0.1, 0.15) is 30.0 Å². The Hall–Kier alpha value is -3.64. The Morgan fingerprint density at radius 1 is 0.758 bits per heavy atom. The molecule has 0 amide bonds. The van der Waals surface area contributed by atoms with Crippen LogP contribution < -0.4 is 5.06 Å². The number of methoxy groups -OCH3 is 2. The van der Waals surface area contributed by atoms with Gasteiger partial charge in [-0.1, -0.05) is 78.9 Å². The first-order valence-corrected chi connectivity index (χ1v) is 10.8. The van der Waals surface area contributed by atoms with Crippen molar-refractivity contribution in [1.29, 1.82) is 0 Å². The summed E-state index contributed by atoms with van der Waals surface area (Å²) >= 11 is 0. The smallest absolute Gasteiger partial charge is 0.326 e. The van der Waals surface area contributed by atoms with E-state index < -0.39 is 35.4 Å². The number of carbonyl (C=O) groups excluding carboxylic acids is 2. The molecular weight excluding hydrogens is 418 g/mol. The van der Waals surface area contributed by atoms with Crippen LogP contribution in [0.15, 0.2) is 91.0 Å². The van der Waals surface area contributed by atoms with E-state index in [1.807, 2.05) is 97.9 Å². The molecule has 6 heteroatoms. The predicted molar refractivity (Wildman–Crippen MR) is 124 cm³/mol. The molecule has 0 aliphatic carbocycles. The Morgan fingerprint density at radius 3 is 1.70 bits per heavy atom. The lowest BCUT2D eigenvalue weighted by Crippen LogP contribution is -2.62. The zero-order valence-corrected chi connectivity index (χ0v) is 18.9. The Bertz CT molecular complexity index is 1070. The van der Waals surface area contributed by atoms with Crippen LogP contribution in [-0.4, -0.2) is 32.3 Å². The third-order valence-corrected chi connectivity index (χ3v) is 6.24. The number of hydroxylamine groups is 1. The van der Waals surface area contributed by atoms with E-state index in [0.717, 1.165) is 11.1 Å². The largest absolute Gasteiger partial charge is 0.468 e. The number of benzene rings is 3. The zero-order valence-electron chi connectivity index (χ0n) is 18.9. The van der Waals surface area contributed by atoms with Crippen LogP contribution >= 0.6 is 0 Å². The second kappa shape index (κ2) is 9.46. The van der Waals surface area contributed by atoms with Gasteiger partial charge in [0.2, 0.25) is 5.41 Å². The van der Waals surface area contributed by atoms with Crippen LogP contribution in [0, 0.1) is 5.41 Å². The van der Waals surface area contributed by atoms with Gasteiger partial charge in [-0.3, -0.25) is 14.4 Å². The molecule has 0 spiro atoms. The number of rotatable bonds is 5. The SMILES string of the molecule is COC(=O)C1(C(=O)OC)[C@@H](c2ccccc2)[C@H](C)ON(c2ccccc2)[C@@H]1c1ccccc1. The van der Waals surface area contributed by atoms with Crippen LogP contribution in [0.2, 0.25) is 0 Å². The molecule has 33 heavy (non-hydrogen) atoms. The molecule has 0 unspecified atom stereocenters. The number of para-hydroxylation sites is 1. The second-order valence-corrected chi connectivity index (χ2v) is 8.03. The molecule has 4 rings (SSSR count). The van der Waals surface area contributed by atoms with E-state index in [0.29, 0.717) is 5.69 Å². The molecule has 6 nitrogen and oxygen atoms in total. The quantitative estimate of drug-likeness (QED) is 0.420. The standard InChI is InChI=1S/C27H27NO5/c1-19-23(20-13-7-4-8-14-20)27(25(29)31-2,26(30)32-3)24(21-15-9-5-10-16-21)28(33-19)22-17-11-6-12-18-22/h4-19,23-24H,1-3H3/t19-,23+,24+/m0/s1. The van der Waals surface area contributed by atoms with Gasteiger partial charge in [0.15, 0.2) is 0 Å². The predicted octanol–water partition coefficient (Wildman–Crippen LogP) is 4.68. The summed E-state index contributed by atoms with van der Waals surface area (Å²) in [6, 6.07) is 27.4. The molecule has 1 fully saturated rings. The molecule has 170 valence electrons. The summed E-state index contributed by atoms with van der Waals surface area (Å²) in [6.07, 6.45) is -0.550. The number of carbonyl (C=O) groups is 2. The maximum absolute atomic E-state index is 13.8. The summed E-state index contributed by atoms with van der Waals surface area (Å²) in [6.45, 7) is 1.86. The summed E-state index contributed by atoms with van der Waals surface area (Å²) in [5.41, 5.74) is 0.487. The highest BCUT2D eigenvalue weighted by Crippen LogP contribution is 2.57. The molecule has 1 aliphatic rings. The van der Waals surface area contributed by atoms with Crippen LogP contribution in [0.5, 0.6) is 0 Å². The fourth-order valence-corrected chi connectivity index (χ4v) is 4.94. The molecule has 0 bridgehead atoms. The van der Waals surface area contributed by atoms with Gasteiger partial charge in [-0.05, 0) is 30.2 Å². The van der Waals surface area contributed by atoms with Crippen LogP contribution in [0.25, 0.3) is 0 Å². The van der Waals surface area contributed by atoms with Crippen LogP contribution in [0.4, 0.5) is 5.69 Å². The van der Waals surface area contributed by atoms with Crippen LogP contribution in [0.3, 0.4) is 0 Å². The lowest BCUT2D eigenvalue weighted by atomic mass is 9.62. The van der Waals surface area contributed by atoms with Crippen molar-refractivity contribution < 1.29 is 23.9 Å². The fraction of sp³-hybridized carbons (Fsp3) is 0.259. The van der Waals surface area contributed by atoms with E-state index in [1.54, 1.807) is 5.06 Å². The molecular formula is C27H27NO5. The second-order valence-electron chi connectivity index (χ2n) is 8.03. The Morgan fingerprint density at radius 2 is 1.21 bits per heavy atom. The first-order valence-electron chi connectivity index (χ1n) is 10.8. The number of esters is 2. The van der Waals surface area contributed by atoms with Crippen molar-refractivity contribution in [3.63, 3.8) is 0 Å². The highest BCUT2D eigenvalue weighted by atomic mass is 16.7. The van der Waals surface area contributed by atoms with Gasteiger partial charge in [0.25, 0.3) is 0 Å². The van der Waals surface area contributed by atoms with Gasteiger partial charge in [-0.2, -0.15) is 0 Å². The van der Waals surface area contributed by atoms with Crippen molar-refractivity contribution in [2.75, 3.05) is 19.3 Å². The Labute approximate surface area is 193 Å². The van der Waals surface area contributed by atoms with Gasteiger partial charge < -0.3 is 9.47 Å². The number of anilines is 1. The summed E-state index contributed by atoms with van der Waals surface area (Å²) in [5, 5.41) is 1.65. The molecule has 0 N–H and O–H groups in total. The number of hydrogen-bond donors (Lipinski definition) is 0. The van der Waals surface area contributed by atoms with E-state index in [2.05, 4.69) is 0 Å². The molecule has 0 aromatic heterocycles. The molecule has 0 saturated carbocycles. The molecule has 1 heterocycles. The van der Waals surface area contributed by atoms with E-state index in [4.69, 9.17) is 14.3 Å². The summed E-state index contributed by atoms with van der Waals surface area (Å²) < 4.78 is 10.7. The van der Waals surface area contributed by atoms with Crippen molar-refractivity contribution in [1.82, 2.24) is 0 Å². The third kappa shape index (κ3) is 3.76. The number of nitrogens with zero attached hydrogens (tertiary/aromatic N) is 1. The molecule has 1 saturated heterocycles. The van der Waals surface area contributed by atoms with Gasteiger partial charge in [0.05, 0.1) is 26.0 Å². The Kier molecular flexibility index (Phi) is 6.47. The summed E-state index contributed by atoms with van der Waals surface area (Å²) in [5.74, 6) is -2.01. The fourth-order valence-electron chi connectivity index (χ4n) is 4.94. The lowest BCUT2D eigenvalue weighted by molar-refractivity contribution is -0.190. The molecule has 3 atom stereocenters. The minimum atomic E-state index is -1.74. The van der Waals surface area contributed by atoms with Gasteiger partial charge >= 0.3 is 11.9 Å². The van der Waals surface area contributed by atoms with Gasteiger partial charge in [-0.25, -0.2) is 5.06 Å². The van der Waals surface area contributed by atoms with E-state index >= 15 is 0 Å². The highest BCUT2D eigenvalue weighted by molar-refractivity contribution is 6.03. The van der Waals surface area contributed by atoms with E-state index in [-0.39, 0.29) is 0 Å². The molecule has 3 aromatic rings. The normalized spacial score (nSPS) is 21.8. The maximum Gasteiger partial charge on any atom is 0.326 e. The molecule has 1 aliphatic heterocycles. The number of hydrogen-bond acceptors (Lipinski definition) is 6. The first-order chi connectivity index (χ1) is 16.1. The third-order valence-electron chi connectivity index (χ3n) is 6.24. The molecule has 3 aromatic carbocycles. The van der Waals surface area contributed by atoms with Crippen molar-refractivity contribution in [3.05, 3.63) is 102 Å². The zero-order chi connectivity index (χ0) is 23.4. The minimum absolute atomic E-state index is 0.550. The lowest BCUT2D eigenvalue weighted by Gasteiger charge is -2.53. The van der Waals surface area contributed by atoms with Gasteiger partial charge in [0.1, 0.15) is 6.04 Å². The highest BCUT2D eigenvalue weighted by Gasteiger charge is 2.67. The Balaban J connectivity index is 2.06.